The van der Waals surface area contributed by atoms with Crippen molar-refractivity contribution < 1.29 is 9.59 Å². The van der Waals surface area contributed by atoms with Gasteiger partial charge in [0.25, 0.3) is 5.91 Å². The van der Waals surface area contributed by atoms with Gasteiger partial charge in [-0.15, -0.1) is 0 Å². The molecule has 0 saturated carbocycles. The van der Waals surface area contributed by atoms with E-state index in [9.17, 15) is 9.59 Å². The summed E-state index contributed by atoms with van der Waals surface area (Å²) >= 11 is 0. The fourth-order valence-electron chi connectivity index (χ4n) is 3.38. The molecule has 3 heterocycles. The number of amides is 2. The number of hydrogen-bond acceptors (Lipinski definition) is 4. The molecule has 25 heavy (non-hydrogen) atoms. The van der Waals surface area contributed by atoms with Gasteiger partial charge in [0.05, 0.1) is 0 Å². The van der Waals surface area contributed by atoms with E-state index in [1.807, 2.05) is 31.3 Å². The number of pyridine rings is 1. The van der Waals surface area contributed by atoms with Gasteiger partial charge in [0.1, 0.15) is 11.2 Å². The van der Waals surface area contributed by atoms with Crippen LogP contribution in [-0.4, -0.2) is 63.6 Å². The number of rotatable bonds is 3. The third-order valence-corrected chi connectivity index (χ3v) is 4.73. The van der Waals surface area contributed by atoms with Crippen LogP contribution >= 0.6 is 0 Å². The number of hydrogen-bond donors (Lipinski definition) is 0. The summed E-state index contributed by atoms with van der Waals surface area (Å²) in [5, 5.41) is 4.31. The molecule has 2 aromatic heterocycles. The maximum Gasteiger partial charge on any atom is 0.272 e. The average Bonchev–Trinajstić information content (AvgIpc) is 3.15. The Balaban J connectivity index is 1.81. The van der Waals surface area contributed by atoms with Crippen molar-refractivity contribution in [1.82, 2.24) is 24.6 Å². The minimum atomic E-state index is -0.732. The molecule has 1 fully saturated rings. The lowest BCUT2D eigenvalue weighted by Gasteiger charge is -2.41. The summed E-state index contributed by atoms with van der Waals surface area (Å²) in [4.78, 5) is 33.2. The van der Waals surface area contributed by atoms with Crippen molar-refractivity contribution in [2.75, 3.05) is 27.2 Å². The van der Waals surface area contributed by atoms with Crippen molar-refractivity contribution in [1.29, 1.82) is 0 Å². The molecule has 7 heteroatoms. The molecule has 0 atom stereocenters. The predicted octanol–water partition coefficient (Wildman–Crippen LogP) is 1.31. The van der Waals surface area contributed by atoms with Gasteiger partial charge < -0.3 is 9.80 Å². The zero-order valence-corrected chi connectivity index (χ0v) is 14.8. The summed E-state index contributed by atoms with van der Waals surface area (Å²) in [6.45, 7) is 2.85. The Morgan fingerprint density at radius 2 is 1.88 bits per heavy atom. The topological polar surface area (TPSA) is 71.3 Å². The lowest BCUT2D eigenvalue weighted by atomic mass is 9.86. The molecule has 2 amide bonds. The molecule has 0 unspecified atom stereocenters. The molecule has 1 aliphatic heterocycles. The van der Waals surface area contributed by atoms with Crippen molar-refractivity contribution in [3.05, 3.63) is 48.0 Å². The van der Waals surface area contributed by atoms with E-state index in [1.54, 1.807) is 40.8 Å². The highest BCUT2D eigenvalue weighted by atomic mass is 16.2. The highest BCUT2D eigenvalue weighted by Crippen LogP contribution is 2.32. The van der Waals surface area contributed by atoms with Crippen LogP contribution < -0.4 is 0 Å². The van der Waals surface area contributed by atoms with Crippen LogP contribution in [0.15, 0.2) is 36.7 Å². The van der Waals surface area contributed by atoms with E-state index in [4.69, 9.17) is 0 Å². The Kier molecular flexibility index (Phi) is 4.57. The fraction of sp³-hybridized carbons (Fsp3) is 0.444. The molecular formula is C18H23N5O2. The number of likely N-dealkylation sites (N-methyl/N-ethyl adjacent to an activating group) is 1. The second-order valence-corrected chi connectivity index (χ2v) is 6.64. The highest BCUT2D eigenvalue weighted by molar-refractivity contribution is 5.93. The molecule has 1 saturated heterocycles. The number of carbonyl (C=O) groups excluding carboxylic acids is 2. The smallest absolute Gasteiger partial charge is 0.272 e. The van der Waals surface area contributed by atoms with Gasteiger partial charge in [-0.1, -0.05) is 6.07 Å². The number of aromatic nitrogens is 3. The number of carbonyl (C=O) groups is 2. The van der Waals surface area contributed by atoms with Gasteiger partial charge in [-0.3, -0.25) is 14.3 Å². The molecule has 132 valence electrons. The molecule has 0 aliphatic carbocycles. The molecule has 7 nitrogen and oxygen atoms in total. The largest absolute Gasteiger partial charge is 0.347 e. The van der Waals surface area contributed by atoms with E-state index >= 15 is 0 Å². The number of piperidine rings is 1. The number of nitrogens with zero attached hydrogens (tertiary/aromatic N) is 5. The molecular weight excluding hydrogens is 318 g/mol. The third kappa shape index (κ3) is 3.14. The summed E-state index contributed by atoms with van der Waals surface area (Å²) in [5.74, 6) is -0.0768. The van der Waals surface area contributed by atoms with E-state index < -0.39 is 5.54 Å². The van der Waals surface area contributed by atoms with Crippen LogP contribution in [0.3, 0.4) is 0 Å². The maximum absolute atomic E-state index is 12.9. The first-order valence-electron chi connectivity index (χ1n) is 8.39. The molecule has 0 aromatic carbocycles. The molecule has 0 bridgehead atoms. The summed E-state index contributed by atoms with van der Waals surface area (Å²) in [7, 11) is 3.50. The lowest BCUT2D eigenvalue weighted by molar-refractivity contribution is -0.141. The van der Waals surface area contributed by atoms with Crippen molar-refractivity contribution >= 4 is 11.8 Å². The maximum atomic E-state index is 12.9. The zero-order chi connectivity index (χ0) is 18.0. The summed E-state index contributed by atoms with van der Waals surface area (Å²) < 4.78 is 1.74. The van der Waals surface area contributed by atoms with Crippen molar-refractivity contribution in [2.45, 2.75) is 25.3 Å². The van der Waals surface area contributed by atoms with Gasteiger partial charge in [-0.25, -0.2) is 4.98 Å². The van der Waals surface area contributed by atoms with Gasteiger partial charge in [0, 0.05) is 45.3 Å². The fourth-order valence-corrected chi connectivity index (χ4v) is 3.38. The van der Waals surface area contributed by atoms with Crippen molar-refractivity contribution in [2.24, 2.45) is 0 Å². The molecule has 0 spiro atoms. The molecule has 3 rings (SSSR count). The highest BCUT2D eigenvalue weighted by Gasteiger charge is 2.45. The van der Waals surface area contributed by atoms with Gasteiger partial charge in [-0.2, -0.15) is 5.10 Å². The van der Waals surface area contributed by atoms with Crippen LogP contribution in [0, 0.1) is 6.92 Å². The van der Waals surface area contributed by atoms with E-state index in [0.29, 0.717) is 31.6 Å². The van der Waals surface area contributed by atoms with E-state index in [1.165, 1.54) is 0 Å². The minimum Gasteiger partial charge on any atom is -0.347 e. The normalized spacial score (nSPS) is 16.5. The Bertz CT molecular complexity index is 762. The Hall–Kier alpha value is -2.70. The first kappa shape index (κ1) is 17.1. The van der Waals surface area contributed by atoms with Crippen LogP contribution in [0.1, 0.15) is 29.0 Å². The van der Waals surface area contributed by atoms with Crippen molar-refractivity contribution in [3.63, 3.8) is 0 Å². The average molecular weight is 341 g/mol. The van der Waals surface area contributed by atoms with E-state index in [-0.39, 0.29) is 11.8 Å². The van der Waals surface area contributed by atoms with Crippen LogP contribution in [0.2, 0.25) is 0 Å². The van der Waals surface area contributed by atoms with Crippen LogP contribution in [-0.2, 0) is 10.3 Å². The molecule has 0 N–H and O–H groups in total. The monoisotopic (exact) mass is 341 g/mol. The molecule has 1 aliphatic rings. The van der Waals surface area contributed by atoms with Gasteiger partial charge >= 0.3 is 0 Å². The summed E-state index contributed by atoms with van der Waals surface area (Å²) in [6.07, 6.45) is 4.56. The first-order valence-corrected chi connectivity index (χ1v) is 8.39. The Morgan fingerprint density at radius 1 is 1.16 bits per heavy atom. The van der Waals surface area contributed by atoms with Gasteiger partial charge in [-0.05, 0) is 38.0 Å². The third-order valence-electron chi connectivity index (χ3n) is 4.73. The SMILES string of the molecule is Cc1cccc(C(=O)N2CCC(C(=O)N(C)C)(n3cccn3)CC2)n1. The summed E-state index contributed by atoms with van der Waals surface area (Å²) in [5.41, 5.74) is 0.533. The Morgan fingerprint density at radius 3 is 2.44 bits per heavy atom. The van der Waals surface area contributed by atoms with Crippen LogP contribution in [0.4, 0.5) is 0 Å². The second kappa shape index (κ2) is 6.66. The molecule has 2 aromatic rings. The van der Waals surface area contributed by atoms with Gasteiger partial charge in [0.15, 0.2) is 0 Å². The van der Waals surface area contributed by atoms with Crippen LogP contribution in [0.25, 0.3) is 0 Å². The summed E-state index contributed by atoms with van der Waals surface area (Å²) in [6, 6.07) is 7.25. The Labute approximate surface area is 147 Å². The number of aryl methyl sites for hydroxylation is 1. The van der Waals surface area contributed by atoms with E-state index in [2.05, 4.69) is 10.1 Å². The zero-order valence-electron chi connectivity index (χ0n) is 14.8. The second-order valence-electron chi connectivity index (χ2n) is 6.64. The van der Waals surface area contributed by atoms with Crippen LogP contribution in [0.5, 0.6) is 0 Å². The standard InChI is InChI=1S/C18H23N5O2/c1-14-6-4-7-15(20-14)16(24)22-12-8-18(9-13-22,17(25)21(2)3)23-11-5-10-19-23/h4-7,10-11H,8-9,12-13H2,1-3H3. The lowest BCUT2D eigenvalue weighted by Crippen LogP contribution is -2.55. The quantitative estimate of drug-likeness (QED) is 0.844. The molecule has 0 radical (unpaired) electrons. The van der Waals surface area contributed by atoms with E-state index in [0.717, 1.165) is 5.69 Å². The first-order chi connectivity index (χ1) is 11.9. The van der Waals surface area contributed by atoms with Gasteiger partial charge in [0.2, 0.25) is 5.91 Å². The minimum absolute atomic E-state index is 0.0111. The number of likely N-dealkylation sites (tertiary alicyclic amines) is 1. The van der Waals surface area contributed by atoms with Crippen molar-refractivity contribution in [3.8, 4) is 0 Å². The predicted molar refractivity (Wildman–Crippen MR) is 93.0 cm³/mol.